The predicted octanol–water partition coefficient (Wildman–Crippen LogP) is 2.99. The molecule has 1 N–H and O–H groups in total. The molecule has 7 heteroatoms. The van der Waals surface area contributed by atoms with Gasteiger partial charge in [-0.2, -0.15) is 5.26 Å². The lowest BCUT2D eigenvalue weighted by Crippen LogP contribution is -2.52. The second-order valence-corrected chi connectivity index (χ2v) is 6.76. The van der Waals surface area contributed by atoms with Gasteiger partial charge in [0.25, 0.3) is 0 Å². The van der Waals surface area contributed by atoms with Gasteiger partial charge in [0.15, 0.2) is 5.96 Å². The van der Waals surface area contributed by atoms with Crippen molar-refractivity contribution in [2.24, 2.45) is 4.99 Å². The van der Waals surface area contributed by atoms with E-state index in [1.54, 1.807) is 19.2 Å². The highest BCUT2D eigenvalue weighted by Crippen LogP contribution is 2.22. The second kappa shape index (κ2) is 9.78. The molecule has 6 nitrogen and oxygen atoms in total. The lowest BCUT2D eigenvalue weighted by Gasteiger charge is -2.37. The van der Waals surface area contributed by atoms with Gasteiger partial charge in [-0.3, -0.25) is 0 Å². The Hall–Kier alpha value is -3.27. The second-order valence-electron chi connectivity index (χ2n) is 6.76. The quantitative estimate of drug-likeness (QED) is 0.623. The van der Waals surface area contributed by atoms with Gasteiger partial charge in [-0.15, -0.1) is 0 Å². The molecule has 29 heavy (non-hydrogen) atoms. The lowest BCUT2D eigenvalue weighted by molar-refractivity contribution is 0.371. The molecule has 0 aromatic heterocycles. The molecule has 3 rings (SSSR count). The topological polar surface area (TPSA) is 63.9 Å². The van der Waals surface area contributed by atoms with Gasteiger partial charge in [-0.1, -0.05) is 12.1 Å². The van der Waals surface area contributed by atoms with Gasteiger partial charge in [0.05, 0.1) is 25.3 Å². The van der Waals surface area contributed by atoms with Gasteiger partial charge in [-0.25, -0.2) is 9.38 Å². The third kappa shape index (κ3) is 5.17. The number of anilines is 1. The number of nitriles is 1. The van der Waals surface area contributed by atoms with Crippen LogP contribution in [0.1, 0.15) is 18.1 Å². The summed E-state index contributed by atoms with van der Waals surface area (Å²) >= 11 is 0. The number of hydrogen-bond acceptors (Lipinski definition) is 4. The van der Waals surface area contributed by atoms with Crippen molar-refractivity contribution in [2.75, 3.05) is 44.7 Å². The number of aliphatic imine (C=N–C) groups is 1. The Kier molecular flexibility index (Phi) is 6.90. The number of ether oxygens (including phenoxy) is 1. The number of halogens is 1. The molecule has 2 aromatic carbocycles. The summed E-state index contributed by atoms with van der Waals surface area (Å²) < 4.78 is 19.5. The molecule has 0 radical (unpaired) electrons. The van der Waals surface area contributed by atoms with Crippen molar-refractivity contribution in [3.63, 3.8) is 0 Å². The van der Waals surface area contributed by atoms with E-state index in [1.807, 2.05) is 31.2 Å². The van der Waals surface area contributed by atoms with Crippen LogP contribution in [0.5, 0.6) is 5.75 Å². The fraction of sp³-hybridized carbons (Fsp3) is 0.364. The molecular weight excluding hydrogens is 369 g/mol. The first-order chi connectivity index (χ1) is 14.1. The van der Waals surface area contributed by atoms with E-state index in [2.05, 4.69) is 26.2 Å². The Bertz CT molecular complexity index is 900. The van der Waals surface area contributed by atoms with E-state index in [-0.39, 0.29) is 6.54 Å². The number of benzene rings is 2. The molecule has 0 amide bonds. The Morgan fingerprint density at radius 1 is 1.21 bits per heavy atom. The molecule has 0 unspecified atom stereocenters. The summed E-state index contributed by atoms with van der Waals surface area (Å²) in [5, 5.41) is 12.2. The SMILES string of the molecule is CCNC(=NCc1ccc(C#N)cc1F)N1CCN(c2cccc(OC)c2)CC1. The van der Waals surface area contributed by atoms with E-state index >= 15 is 0 Å². The summed E-state index contributed by atoms with van der Waals surface area (Å²) in [5.41, 5.74) is 1.94. The minimum atomic E-state index is -0.397. The van der Waals surface area contributed by atoms with Gasteiger partial charge in [0.2, 0.25) is 0 Å². The first-order valence-corrected chi connectivity index (χ1v) is 9.75. The minimum absolute atomic E-state index is 0.232. The average molecular weight is 395 g/mol. The molecule has 1 saturated heterocycles. The third-order valence-electron chi connectivity index (χ3n) is 4.91. The number of guanidine groups is 1. The van der Waals surface area contributed by atoms with E-state index < -0.39 is 5.82 Å². The van der Waals surface area contributed by atoms with Crippen LogP contribution >= 0.6 is 0 Å². The van der Waals surface area contributed by atoms with Gasteiger partial charge in [-0.05, 0) is 31.2 Å². The highest BCUT2D eigenvalue weighted by molar-refractivity contribution is 5.80. The zero-order valence-electron chi connectivity index (χ0n) is 16.9. The average Bonchev–Trinajstić information content (AvgIpc) is 2.77. The molecule has 1 heterocycles. The van der Waals surface area contributed by atoms with Crippen LogP contribution in [0, 0.1) is 17.1 Å². The van der Waals surface area contributed by atoms with Crippen LogP contribution < -0.4 is 15.0 Å². The van der Waals surface area contributed by atoms with Crippen LogP contribution in [0.2, 0.25) is 0 Å². The van der Waals surface area contributed by atoms with Crippen molar-refractivity contribution < 1.29 is 9.13 Å². The molecule has 0 atom stereocenters. The Morgan fingerprint density at radius 2 is 2.00 bits per heavy atom. The molecule has 1 fully saturated rings. The zero-order chi connectivity index (χ0) is 20.6. The number of nitrogens with one attached hydrogen (secondary N) is 1. The number of nitrogens with zero attached hydrogens (tertiary/aromatic N) is 4. The van der Waals surface area contributed by atoms with E-state index in [4.69, 9.17) is 10.00 Å². The van der Waals surface area contributed by atoms with Crippen molar-refractivity contribution in [2.45, 2.75) is 13.5 Å². The van der Waals surface area contributed by atoms with Gasteiger partial charge >= 0.3 is 0 Å². The van der Waals surface area contributed by atoms with Gasteiger partial charge in [0, 0.05) is 50.0 Å². The first kappa shape index (κ1) is 20.5. The fourth-order valence-electron chi connectivity index (χ4n) is 3.31. The summed E-state index contributed by atoms with van der Waals surface area (Å²) in [6.45, 7) is 6.36. The van der Waals surface area contributed by atoms with E-state index in [9.17, 15) is 4.39 Å². The highest BCUT2D eigenvalue weighted by atomic mass is 19.1. The molecule has 0 bridgehead atoms. The Labute approximate surface area is 171 Å². The summed E-state index contributed by atoms with van der Waals surface area (Å²) in [6.07, 6.45) is 0. The van der Waals surface area contributed by atoms with Gasteiger partial charge in [0.1, 0.15) is 11.6 Å². The molecule has 0 saturated carbocycles. The van der Waals surface area contributed by atoms with Crippen molar-refractivity contribution >= 4 is 11.6 Å². The van der Waals surface area contributed by atoms with Crippen LogP contribution in [0.15, 0.2) is 47.5 Å². The normalized spacial score (nSPS) is 14.5. The lowest BCUT2D eigenvalue weighted by atomic mass is 10.1. The van der Waals surface area contributed by atoms with Crippen molar-refractivity contribution in [1.29, 1.82) is 5.26 Å². The summed E-state index contributed by atoms with van der Waals surface area (Å²) in [6, 6.07) is 14.5. The molecule has 0 spiro atoms. The first-order valence-electron chi connectivity index (χ1n) is 9.75. The van der Waals surface area contributed by atoms with Crippen LogP contribution in [0.4, 0.5) is 10.1 Å². The van der Waals surface area contributed by atoms with Crippen molar-refractivity contribution in [3.05, 3.63) is 59.4 Å². The summed E-state index contributed by atoms with van der Waals surface area (Å²) in [7, 11) is 1.67. The number of methoxy groups -OCH3 is 1. The maximum Gasteiger partial charge on any atom is 0.194 e. The highest BCUT2D eigenvalue weighted by Gasteiger charge is 2.20. The van der Waals surface area contributed by atoms with Crippen molar-refractivity contribution in [1.82, 2.24) is 10.2 Å². The van der Waals surface area contributed by atoms with E-state index in [1.165, 1.54) is 6.07 Å². The molecule has 0 aliphatic carbocycles. The number of piperazine rings is 1. The van der Waals surface area contributed by atoms with Crippen LogP contribution in [-0.4, -0.2) is 50.7 Å². The third-order valence-corrected chi connectivity index (χ3v) is 4.91. The monoisotopic (exact) mass is 395 g/mol. The molecular formula is C22H26FN5O. The maximum absolute atomic E-state index is 14.1. The standard InChI is InChI=1S/C22H26FN5O/c1-3-25-22(26-16-18-8-7-17(15-24)13-21(18)23)28-11-9-27(10-12-28)19-5-4-6-20(14-19)29-2/h4-8,13-14H,3,9-12,16H2,1-2H3,(H,25,26). The van der Waals surface area contributed by atoms with Crippen LogP contribution in [0.25, 0.3) is 0 Å². The molecule has 2 aromatic rings. The summed E-state index contributed by atoms with van der Waals surface area (Å²) in [4.78, 5) is 9.14. The maximum atomic E-state index is 14.1. The predicted molar refractivity (Wildman–Crippen MR) is 113 cm³/mol. The number of hydrogen-bond donors (Lipinski definition) is 1. The largest absolute Gasteiger partial charge is 0.497 e. The van der Waals surface area contributed by atoms with Crippen molar-refractivity contribution in [3.8, 4) is 11.8 Å². The van der Waals surface area contributed by atoms with Crippen LogP contribution in [-0.2, 0) is 6.54 Å². The van der Waals surface area contributed by atoms with Crippen LogP contribution in [0.3, 0.4) is 0 Å². The Balaban J connectivity index is 1.66. The summed E-state index contributed by atoms with van der Waals surface area (Å²) in [5.74, 6) is 1.23. The van der Waals surface area contributed by atoms with Gasteiger partial charge < -0.3 is 19.9 Å². The molecule has 1 aliphatic rings. The van der Waals surface area contributed by atoms with E-state index in [0.717, 1.165) is 50.1 Å². The minimum Gasteiger partial charge on any atom is -0.497 e. The number of rotatable bonds is 5. The smallest absolute Gasteiger partial charge is 0.194 e. The Morgan fingerprint density at radius 3 is 2.66 bits per heavy atom. The van der Waals surface area contributed by atoms with E-state index in [0.29, 0.717) is 11.1 Å². The molecule has 1 aliphatic heterocycles. The molecule has 152 valence electrons. The fourth-order valence-corrected chi connectivity index (χ4v) is 3.31. The zero-order valence-corrected chi connectivity index (χ0v) is 16.9.